The number of nitrogens with zero attached hydrogens (tertiary/aromatic N) is 2. The summed E-state index contributed by atoms with van der Waals surface area (Å²) in [6.07, 6.45) is 6.15. The second kappa shape index (κ2) is 10.8. The van der Waals surface area contributed by atoms with E-state index in [4.69, 9.17) is 0 Å². The Bertz CT molecular complexity index is 1040. The summed E-state index contributed by atoms with van der Waals surface area (Å²) in [5.41, 5.74) is 4.88. The highest BCUT2D eigenvalue weighted by Crippen LogP contribution is 2.49. The Morgan fingerprint density at radius 2 is 1.56 bits per heavy atom. The SMILES string of the molecule is CC(C)(C)NCc1cccc2nsnc12.Cc1ccc(C(O)(C2CCCCC2)C(C)(C)C)cc1. The quantitative estimate of drug-likeness (QED) is 0.408. The summed E-state index contributed by atoms with van der Waals surface area (Å²) in [6, 6.07) is 14.6. The highest BCUT2D eigenvalue weighted by molar-refractivity contribution is 7.00. The number of aliphatic hydroxyl groups is 1. The molecule has 1 atom stereocenters. The second-order valence-corrected chi connectivity index (χ2v) is 12.4. The van der Waals surface area contributed by atoms with E-state index in [2.05, 4.69) is 92.9 Å². The molecule has 34 heavy (non-hydrogen) atoms. The first kappa shape index (κ1) is 26.8. The van der Waals surface area contributed by atoms with E-state index >= 15 is 0 Å². The number of hydrogen-bond donors (Lipinski definition) is 2. The van der Waals surface area contributed by atoms with Gasteiger partial charge in [-0.1, -0.05) is 82.0 Å². The molecule has 1 aromatic heterocycles. The first-order valence-electron chi connectivity index (χ1n) is 12.7. The van der Waals surface area contributed by atoms with Gasteiger partial charge in [-0.2, -0.15) is 8.75 Å². The lowest BCUT2D eigenvalue weighted by Crippen LogP contribution is -2.47. The zero-order valence-corrected chi connectivity index (χ0v) is 22.9. The van der Waals surface area contributed by atoms with Crippen LogP contribution in [0.3, 0.4) is 0 Å². The average Bonchev–Trinajstić information content (AvgIpc) is 3.27. The molecule has 0 aliphatic heterocycles. The van der Waals surface area contributed by atoms with E-state index in [-0.39, 0.29) is 11.0 Å². The van der Waals surface area contributed by atoms with E-state index in [1.807, 2.05) is 12.1 Å². The zero-order chi connectivity index (χ0) is 25.0. The fourth-order valence-corrected chi connectivity index (χ4v) is 5.54. The minimum atomic E-state index is -0.707. The summed E-state index contributed by atoms with van der Waals surface area (Å²) in [7, 11) is 0. The molecule has 0 bridgehead atoms. The van der Waals surface area contributed by atoms with Gasteiger partial charge in [0.25, 0.3) is 0 Å². The number of hydrogen-bond acceptors (Lipinski definition) is 5. The molecule has 2 N–H and O–H groups in total. The lowest BCUT2D eigenvalue weighted by atomic mass is 9.61. The standard InChI is InChI=1S/C18H28O.C11H15N3S/c1-14-10-12-16(13-11-14)18(19,17(2,3)4)15-8-6-5-7-9-15;1-11(2,3)12-7-8-5-4-6-9-10(8)14-15-13-9/h10-13,15,19H,5-9H2,1-4H3;4-6,12H,7H2,1-3H3. The maximum absolute atomic E-state index is 11.5. The van der Waals surface area contributed by atoms with E-state index in [1.165, 1.54) is 42.1 Å². The predicted octanol–water partition coefficient (Wildman–Crippen LogP) is 7.39. The van der Waals surface area contributed by atoms with Gasteiger partial charge in [0.15, 0.2) is 0 Å². The van der Waals surface area contributed by atoms with Gasteiger partial charge in [-0.05, 0) is 69.1 Å². The van der Waals surface area contributed by atoms with Crippen LogP contribution in [0.2, 0.25) is 0 Å². The van der Waals surface area contributed by atoms with Crippen molar-refractivity contribution in [2.24, 2.45) is 11.3 Å². The highest BCUT2D eigenvalue weighted by Gasteiger charge is 2.47. The van der Waals surface area contributed by atoms with Crippen LogP contribution >= 0.6 is 11.7 Å². The van der Waals surface area contributed by atoms with Crippen molar-refractivity contribution >= 4 is 22.8 Å². The molecule has 1 aliphatic rings. The normalized spacial score (nSPS) is 17.2. The lowest BCUT2D eigenvalue weighted by molar-refractivity contribution is -0.122. The van der Waals surface area contributed by atoms with Crippen LogP contribution in [0.25, 0.3) is 11.0 Å². The largest absolute Gasteiger partial charge is 0.384 e. The van der Waals surface area contributed by atoms with Crippen molar-refractivity contribution in [3.8, 4) is 0 Å². The van der Waals surface area contributed by atoms with Crippen LogP contribution in [-0.2, 0) is 12.1 Å². The number of benzene rings is 2. The summed E-state index contributed by atoms with van der Waals surface area (Å²) in [5.74, 6) is 0.393. The van der Waals surface area contributed by atoms with E-state index in [1.54, 1.807) is 0 Å². The fourth-order valence-electron chi connectivity index (χ4n) is 4.97. The van der Waals surface area contributed by atoms with Crippen molar-refractivity contribution in [1.82, 2.24) is 14.1 Å². The predicted molar refractivity (Wildman–Crippen MR) is 145 cm³/mol. The first-order chi connectivity index (χ1) is 15.9. The van der Waals surface area contributed by atoms with Crippen LogP contribution in [-0.4, -0.2) is 19.4 Å². The van der Waals surface area contributed by atoms with E-state index in [0.29, 0.717) is 5.92 Å². The topological polar surface area (TPSA) is 58.0 Å². The molecular weight excluding hydrogens is 438 g/mol. The number of rotatable bonds is 4. The van der Waals surface area contributed by atoms with Gasteiger partial charge in [0.1, 0.15) is 11.0 Å². The van der Waals surface area contributed by atoms with Gasteiger partial charge < -0.3 is 10.4 Å². The molecule has 1 saturated carbocycles. The number of nitrogens with one attached hydrogen (secondary N) is 1. The molecule has 0 radical (unpaired) electrons. The summed E-state index contributed by atoms with van der Waals surface area (Å²) in [5, 5.41) is 15.0. The first-order valence-corrected chi connectivity index (χ1v) is 13.4. The van der Waals surface area contributed by atoms with Crippen LogP contribution < -0.4 is 5.32 Å². The van der Waals surface area contributed by atoms with Crippen molar-refractivity contribution in [2.75, 3.05) is 0 Å². The Morgan fingerprint density at radius 3 is 2.15 bits per heavy atom. The van der Waals surface area contributed by atoms with Crippen LogP contribution in [0.5, 0.6) is 0 Å². The molecule has 3 aromatic rings. The lowest BCUT2D eigenvalue weighted by Gasteiger charge is -2.48. The maximum atomic E-state index is 11.5. The molecule has 1 heterocycles. The summed E-state index contributed by atoms with van der Waals surface area (Å²) < 4.78 is 8.54. The van der Waals surface area contributed by atoms with Crippen molar-refractivity contribution < 1.29 is 5.11 Å². The van der Waals surface area contributed by atoms with E-state index in [9.17, 15) is 5.11 Å². The maximum Gasteiger partial charge on any atom is 0.109 e. The van der Waals surface area contributed by atoms with Crippen molar-refractivity contribution in [1.29, 1.82) is 0 Å². The third kappa shape index (κ3) is 6.44. The average molecular weight is 482 g/mol. The number of aromatic nitrogens is 2. The molecule has 4 nitrogen and oxygen atoms in total. The number of fused-ring (bicyclic) bond motifs is 1. The van der Waals surface area contributed by atoms with Gasteiger partial charge in [-0.25, -0.2) is 0 Å². The van der Waals surface area contributed by atoms with Gasteiger partial charge in [0.05, 0.1) is 17.3 Å². The van der Waals surface area contributed by atoms with Crippen molar-refractivity contribution in [3.05, 3.63) is 59.2 Å². The molecule has 186 valence electrons. The zero-order valence-electron chi connectivity index (χ0n) is 22.1. The second-order valence-electron chi connectivity index (χ2n) is 11.9. The molecule has 4 rings (SSSR count). The minimum Gasteiger partial charge on any atom is -0.384 e. The smallest absolute Gasteiger partial charge is 0.109 e. The summed E-state index contributed by atoms with van der Waals surface area (Å²) in [6.45, 7) is 15.9. The highest BCUT2D eigenvalue weighted by atomic mass is 32.1. The van der Waals surface area contributed by atoms with Gasteiger partial charge in [-0.3, -0.25) is 0 Å². The van der Waals surface area contributed by atoms with Gasteiger partial charge in [0.2, 0.25) is 0 Å². The Labute approximate surface area is 210 Å². The molecule has 0 spiro atoms. The summed E-state index contributed by atoms with van der Waals surface area (Å²) >= 11 is 1.27. The van der Waals surface area contributed by atoms with E-state index < -0.39 is 5.60 Å². The van der Waals surface area contributed by atoms with Crippen molar-refractivity contribution in [3.63, 3.8) is 0 Å². The van der Waals surface area contributed by atoms with E-state index in [0.717, 1.165) is 36.0 Å². The molecule has 0 saturated heterocycles. The molecule has 1 fully saturated rings. The fraction of sp³-hybridized carbons (Fsp3) is 0.586. The molecular formula is C29H43N3OS. The van der Waals surface area contributed by atoms with Gasteiger partial charge in [-0.15, -0.1) is 0 Å². The Kier molecular flexibility index (Phi) is 8.54. The number of aryl methyl sites for hydroxylation is 1. The Morgan fingerprint density at radius 1 is 0.912 bits per heavy atom. The van der Waals surface area contributed by atoms with Crippen LogP contribution in [0.4, 0.5) is 0 Å². The van der Waals surface area contributed by atoms with Gasteiger partial charge in [0, 0.05) is 12.1 Å². The molecule has 1 unspecified atom stereocenters. The van der Waals surface area contributed by atoms with Gasteiger partial charge >= 0.3 is 0 Å². The molecule has 1 aliphatic carbocycles. The molecule has 2 aromatic carbocycles. The van der Waals surface area contributed by atoms with Crippen LogP contribution in [0, 0.1) is 18.3 Å². The van der Waals surface area contributed by atoms with Crippen LogP contribution in [0.15, 0.2) is 42.5 Å². The summed E-state index contributed by atoms with van der Waals surface area (Å²) in [4.78, 5) is 0. The van der Waals surface area contributed by atoms with Crippen LogP contribution in [0.1, 0.15) is 90.3 Å². The monoisotopic (exact) mass is 481 g/mol. The third-order valence-electron chi connectivity index (χ3n) is 7.01. The molecule has 0 amide bonds. The Balaban J connectivity index is 0.000000196. The molecule has 5 heteroatoms. The third-order valence-corrected chi connectivity index (χ3v) is 7.55. The Hall–Kier alpha value is -1.82. The van der Waals surface area contributed by atoms with Crippen molar-refractivity contribution in [2.45, 2.75) is 98.3 Å². The minimum absolute atomic E-state index is 0.131.